The predicted molar refractivity (Wildman–Crippen MR) is 482 cm³/mol. The smallest absolute Gasteiger partial charge is 0.243 e. The van der Waals surface area contributed by atoms with Gasteiger partial charge in [0.2, 0.25) is 47.1 Å². The number of halogens is 7. The van der Waals surface area contributed by atoms with Crippen LogP contribution in [0.5, 0.6) is 98.3 Å². The van der Waals surface area contributed by atoms with Crippen molar-refractivity contribution >= 4 is 80.6 Å². The van der Waals surface area contributed by atoms with Crippen LogP contribution in [0.15, 0.2) is 243 Å². The summed E-state index contributed by atoms with van der Waals surface area (Å²) >= 11 is 8.15. The van der Waals surface area contributed by atoms with E-state index in [4.69, 9.17) is 73.2 Å². The standard InChI is InChI=1S/C24H24F2N2O4.C24H24FIN2O4.C24H25FN2O5.C23H22ClFN2O4/c2*1-17(29)28(16-18-15-21(30-2)10-11-23(18)31-14-4-12-25)22-5-3-13-27-24(22)32-20-8-6-19(26)7-9-20;1-17(28)27(16-18-15-21(30-3)10-11-23(18)31-14-12-25)22-5-4-13-26-24(22)32-20-8-6-19(29-2)7-9-20;1-16(28)27(15-17-14-20(29-2)9-10-22(17)30-13-11-25)21-4-3-12-26-23(21)31-19-7-5-18(24)6-8-19/h2*3,5-11,13,15H,4,12,14,16H2,1-2H3;4-11,13,15H,12,14,16H2,1-3H3;3-10,12,14H,11,13,15H2,1-2H3/i4*25-1. The Labute approximate surface area is 751 Å². The molecule has 0 aliphatic carbocycles. The highest BCUT2D eigenvalue weighted by atomic mass is 127. The minimum atomic E-state index is -0.621. The molecule has 0 radical (unpaired) electrons. The Balaban J connectivity index is 0.000000191. The van der Waals surface area contributed by atoms with Crippen molar-refractivity contribution in [1.82, 2.24) is 19.9 Å². The Kier molecular flexibility index (Phi) is 38.9. The molecule has 25 nitrogen and oxygen atoms in total. The van der Waals surface area contributed by atoms with Crippen LogP contribution in [0.4, 0.5) is 44.7 Å². The van der Waals surface area contributed by atoms with Crippen LogP contribution in [0.3, 0.4) is 0 Å². The first-order valence-electron chi connectivity index (χ1n) is 39.6. The Hall–Kier alpha value is -13.7. The molecule has 666 valence electrons. The number of amides is 4. The summed E-state index contributed by atoms with van der Waals surface area (Å²) in [6, 6.07) is 61.6. The van der Waals surface area contributed by atoms with E-state index >= 15 is 0 Å². The zero-order chi connectivity index (χ0) is 91.0. The fourth-order valence-electron chi connectivity index (χ4n) is 12.0. The minimum Gasteiger partial charge on any atom is -0.497 e. The number of nitrogens with zero attached hydrogens (tertiary/aromatic N) is 8. The number of anilines is 4. The molecule has 127 heavy (non-hydrogen) atoms. The predicted octanol–water partition coefficient (Wildman–Crippen LogP) is 21.3. The van der Waals surface area contributed by atoms with Gasteiger partial charge in [0.1, 0.15) is 130 Å². The molecule has 4 aromatic heterocycles. The number of methoxy groups -OCH3 is 5. The third-order valence-electron chi connectivity index (χ3n) is 18.2. The molecule has 4 amide bonds. The highest BCUT2D eigenvalue weighted by Crippen LogP contribution is 2.40. The Morgan fingerprint density at radius 1 is 0.323 bits per heavy atom. The van der Waals surface area contributed by atoms with Gasteiger partial charge in [0.15, 0.2) is 0 Å². The van der Waals surface area contributed by atoms with Gasteiger partial charge in [0.05, 0.1) is 88.3 Å². The van der Waals surface area contributed by atoms with Gasteiger partial charge in [0.25, 0.3) is 0 Å². The molecule has 32 heteroatoms. The maximum atomic E-state index is 13.2. The molecule has 0 saturated carbocycles. The number of alkyl halides is 4. The van der Waals surface area contributed by atoms with Gasteiger partial charge in [-0.05, 0) is 241 Å². The van der Waals surface area contributed by atoms with Crippen LogP contribution in [0.2, 0.25) is 5.02 Å². The highest BCUT2D eigenvalue weighted by Gasteiger charge is 2.27. The molecular weight excluding hydrogens is 1780 g/mol. The molecule has 12 rings (SSSR count). The number of benzene rings is 8. The number of pyridine rings is 4. The lowest BCUT2D eigenvalue weighted by atomic mass is 10.1. The monoisotopic (exact) mass is 1870 g/mol. The number of ether oxygens (including phenoxy) is 13. The molecule has 8 aromatic carbocycles. The van der Waals surface area contributed by atoms with Crippen molar-refractivity contribution < 1.29 is 103 Å². The second-order valence-corrected chi connectivity index (χ2v) is 28.6. The summed E-state index contributed by atoms with van der Waals surface area (Å²) in [7, 11) is 7.79. The summed E-state index contributed by atoms with van der Waals surface area (Å²) in [6.45, 7) is 4.54. The molecule has 4 heterocycles. The van der Waals surface area contributed by atoms with E-state index in [1.54, 1.807) is 229 Å². The first kappa shape index (κ1) is 97.1. The van der Waals surface area contributed by atoms with Crippen molar-refractivity contribution in [1.29, 1.82) is 0 Å². The van der Waals surface area contributed by atoms with E-state index in [1.807, 2.05) is 24.3 Å². The summed E-state index contributed by atoms with van der Waals surface area (Å²) in [5.74, 6) is 6.94. The third kappa shape index (κ3) is 29.8. The first-order valence-corrected chi connectivity index (χ1v) is 41.0. The molecule has 12 aromatic rings. The van der Waals surface area contributed by atoms with Crippen molar-refractivity contribution in [3.05, 3.63) is 280 Å². The topological polar surface area (TPSA) is 253 Å². The Morgan fingerprint density at radius 3 is 0.827 bits per heavy atom. The first-order chi connectivity index (χ1) is 61.6. The highest BCUT2D eigenvalue weighted by molar-refractivity contribution is 14.1. The van der Waals surface area contributed by atoms with Crippen LogP contribution >= 0.6 is 34.2 Å². The lowest BCUT2D eigenvalue weighted by Crippen LogP contribution is -2.28. The van der Waals surface area contributed by atoms with Gasteiger partial charge in [-0.3, -0.25) is 28.0 Å². The molecule has 0 aliphatic rings. The van der Waals surface area contributed by atoms with Gasteiger partial charge in [-0.25, -0.2) is 33.1 Å². The van der Waals surface area contributed by atoms with Crippen LogP contribution in [0.25, 0.3) is 0 Å². The summed E-state index contributed by atoms with van der Waals surface area (Å²) < 4.78 is 137. The van der Waals surface area contributed by atoms with E-state index in [9.17, 15) is 41.1 Å². The van der Waals surface area contributed by atoms with Gasteiger partial charge >= 0.3 is 0 Å². The van der Waals surface area contributed by atoms with Crippen LogP contribution in [0, 0.1) is 9.39 Å². The molecule has 0 atom stereocenters. The second kappa shape index (κ2) is 50.9. The number of carbonyl (C=O) groups excluding carboxylic acids is 4. The van der Waals surface area contributed by atoms with Crippen molar-refractivity contribution in [3.8, 4) is 98.3 Å². The van der Waals surface area contributed by atoms with E-state index < -0.39 is 26.7 Å². The molecule has 0 saturated heterocycles. The Bertz CT molecular complexity index is 5330. The van der Waals surface area contributed by atoms with Crippen molar-refractivity contribution in [2.45, 2.75) is 66.7 Å². The molecule has 0 unspecified atom stereocenters. The van der Waals surface area contributed by atoms with Crippen molar-refractivity contribution in [3.63, 3.8) is 0 Å². The molecule has 0 N–H and O–H groups in total. The van der Waals surface area contributed by atoms with E-state index in [-0.39, 0.29) is 106 Å². The molecule has 0 spiro atoms. The molecule has 0 bridgehead atoms. The van der Waals surface area contributed by atoms with Gasteiger partial charge in [0, 0.05) is 96.2 Å². The second-order valence-electron chi connectivity index (χ2n) is 26.9. The summed E-state index contributed by atoms with van der Waals surface area (Å²) in [4.78, 5) is 73.7. The third-order valence-corrected chi connectivity index (χ3v) is 19.1. The van der Waals surface area contributed by atoms with E-state index in [0.29, 0.717) is 132 Å². The number of carbonyl (C=O) groups is 4. The summed E-state index contributed by atoms with van der Waals surface area (Å²) in [6.07, 6.45) is 6.87. The molecule has 0 fully saturated rings. The van der Waals surface area contributed by atoms with Gasteiger partial charge in [-0.2, -0.15) is 0 Å². The van der Waals surface area contributed by atoms with E-state index in [0.717, 1.165) is 9.13 Å². The summed E-state index contributed by atoms with van der Waals surface area (Å²) in [5.41, 5.74) is 4.63. The van der Waals surface area contributed by atoms with Crippen molar-refractivity contribution in [2.24, 2.45) is 0 Å². The molecular formula is C95H95ClF5IN8O17. The number of aromatic nitrogens is 4. The van der Waals surface area contributed by atoms with Gasteiger partial charge in [-0.15, -0.1) is 0 Å². The lowest BCUT2D eigenvalue weighted by Gasteiger charge is -2.24. The molecule has 0 aliphatic heterocycles. The number of hydrogen-bond acceptors (Lipinski definition) is 21. The SMILES string of the molecule is COc1ccc(OCCC[18F])c(CN(C(C)=O)c2cccnc2Oc2ccc(F)cc2)c1.COc1ccc(OCCC[18F])c(CN(C(C)=O)c2cccnc2Oc2ccc(I)cc2)c1.COc1ccc(OCC[18F])c(CN(C(C)=O)c2cccnc2Oc2ccc(Cl)cc2)c1.COc1ccc(Oc2ncccc2N(Cc2cc(OC)ccc2OCC[18F])C(C)=O)cc1. The fraction of sp³-hybridized carbons (Fsp3) is 0.242. The lowest BCUT2D eigenvalue weighted by molar-refractivity contribution is -0.117. The van der Waals surface area contributed by atoms with Crippen LogP contribution < -0.4 is 81.2 Å². The van der Waals surface area contributed by atoms with Gasteiger partial charge in [-0.1, -0.05) is 11.6 Å². The quantitative estimate of drug-likeness (QED) is 0.0197. The van der Waals surface area contributed by atoms with E-state index in [2.05, 4.69) is 42.5 Å². The summed E-state index contributed by atoms with van der Waals surface area (Å²) in [5, 5.41) is 0.581. The maximum Gasteiger partial charge on any atom is 0.243 e. The fourth-order valence-corrected chi connectivity index (χ4v) is 12.5. The minimum absolute atomic E-state index is 0.0852. The average Bonchev–Trinajstić information content (AvgIpc) is 0.823. The average molecular weight is 1870 g/mol. The van der Waals surface area contributed by atoms with Crippen molar-refractivity contribution in [2.75, 3.05) is 108 Å². The van der Waals surface area contributed by atoms with Crippen LogP contribution in [0.1, 0.15) is 62.8 Å². The Morgan fingerprint density at radius 2 is 0.567 bits per heavy atom. The zero-order valence-corrected chi connectivity index (χ0v) is 74.1. The van der Waals surface area contributed by atoms with Crippen LogP contribution in [-0.2, 0) is 45.4 Å². The normalized spacial score (nSPS) is 10.5. The van der Waals surface area contributed by atoms with E-state index in [1.165, 1.54) is 72.9 Å². The van der Waals surface area contributed by atoms with Gasteiger partial charge < -0.3 is 81.2 Å². The maximum absolute atomic E-state index is 13.2. The number of rotatable bonds is 39. The van der Waals surface area contributed by atoms with Crippen LogP contribution in [-0.4, -0.2) is 132 Å². The largest absolute Gasteiger partial charge is 0.497 e. The zero-order valence-electron chi connectivity index (χ0n) is 71.2. The number of hydrogen-bond donors (Lipinski definition) is 0.